The zero-order valence-electron chi connectivity index (χ0n) is 42.5. The van der Waals surface area contributed by atoms with Crippen LogP contribution in [0.5, 0.6) is 0 Å². The lowest BCUT2D eigenvalue weighted by Gasteiger charge is -2.30. The molecule has 0 aromatic heterocycles. The maximum absolute atomic E-state index is 14.2. The van der Waals surface area contributed by atoms with Crippen molar-refractivity contribution in [2.24, 2.45) is 45.1 Å². The molecule has 0 aromatic rings. The van der Waals surface area contributed by atoms with Crippen LogP contribution in [0.15, 0.2) is 41.4 Å². The number of aliphatic hydroxyl groups excluding tert-OH is 1. The Morgan fingerprint density at radius 3 is 1.96 bits per heavy atom. The van der Waals surface area contributed by atoms with E-state index in [-0.39, 0.29) is 76.4 Å². The summed E-state index contributed by atoms with van der Waals surface area (Å²) in [6.07, 6.45) is 5.23. The maximum Gasteiger partial charge on any atom is 0.352 e. The molecule has 1 aliphatic rings. The molecule has 1 aliphatic heterocycles. The molecule has 0 radical (unpaired) electrons. The summed E-state index contributed by atoms with van der Waals surface area (Å²) >= 11 is 0. The molecule has 74 heavy (non-hydrogen) atoms. The molecule has 1 heterocycles. The van der Waals surface area contributed by atoms with Crippen LogP contribution in [0.4, 0.5) is 0 Å². The number of carboxylic acid groups (broad SMARTS) is 1. The Hall–Kier alpha value is -6.92. The van der Waals surface area contributed by atoms with Crippen LogP contribution in [-0.4, -0.2) is 176 Å². The smallest absolute Gasteiger partial charge is 0.352 e. The van der Waals surface area contributed by atoms with Crippen molar-refractivity contribution >= 4 is 59.2 Å². The fourth-order valence-corrected chi connectivity index (χ4v) is 7.49. The van der Waals surface area contributed by atoms with Gasteiger partial charge in [-0.25, -0.2) is 4.79 Å². The number of likely N-dealkylation sites (tertiary alicyclic amines) is 1. The van der Waals surface area contributed by atoms with Crippen LogP contribution >= 0.6 is 0 Å². The average molecular weight is 1050 g/mol. The number of carbonyl (C=O) groups is 9. The summed E-state index contributed by atoms with van der Waals surface area (Å²) in [6, 6.07) is -8.62. The molecule has 8 atom stereocenters. The number of guanidine groups is 1. The van der Waals surface area contributed by atoms with E-state index in [1.165, 1.54) is 24.1 Å². The van der Waals surface area contributed by atoms with Gasteiger partial charge in [-0.2, -0.15) is 0 Å². The summed E-state index contributed by atoms with van der Waals surface area (Å²) in [5.41, 5.74) is 38.8. The van der Waals surface area contributed by atoms with Crippen molar-refractivity contribution in [3.63, 3.8) is 0 Å². The Morgan fingerprint density at radius 2 is 1.39 bits per heavy atom. The van der Waals surface area contributed by atoms with Crippen LogP contribution in [0.25, 0.3) is 0 Å². The predicted octanol–water partition coefficient (Wildman–Crippen LogP) is -6.89. The molecule has 29 heteroatoms. The first-order valence-corrected chi connectivity index (χ1v) is 24.6. The summed E-state index contributed by atoms with van der Waals surface area (Å²) in [7, 11) is 1.56. The van der Waals surface area contributed by atoms with Gasteiger partial charge in [0.25, 0.3) is 0 Å². The van der Waals surface area contributed by atoms with E-state index in [4.69, 9.17) is 40.1 Å². The lowest BCUT2D eigenvalue weighted by Crippen LogP contribution is -2.60. The van der Waals surface area contributed by atoms with Gasteiger partial charge in [0.05, 0.1) is 18.7 Å². The number of rotatable bonds is 37. The van der Waals surface area contributed by atoms with E-state index in [1.54, 1.807) is 7.05 Å². The number of aliphatic hydroxyl groups is 1. The van der Waals surface area contributed by atoms with Gasteiger partial charge in [0.2, 0.25) is 47.3 Å². The summed E-state index contributed by atoms with van der Waals surface area (Å²) in [5, 5.41) is 43.3. The zero-order chi connectivity index (χ0) is 55.8. The number of nitrogens with two attached hydrogens (primary N) is 7. The second-order valence-corrected chi connectivity index (χ2v) is 17.3. The second kappa shape index (κ2) is 36.1. The van der Waals surface area contributed by atoms with Gasteiger partial charge in [-0.3, -0.25) is 43.3 Å². The molecule has 1 rings (SSSR count). The fraction of sp³-hybridized carbons (Fsp3) is 0.644. The minimum atomic E-state index is -1.53. The summed E-state index contributed by atoms with van der Waals surface area (Å²) in [6.45, 7) is 4.79. The van der Waals surface area contributed by atoms with Gasteiger partial charge < -0.3 is 103 Å². The molecular weight excluding hydrogens is 969 g/mol. The first-order chi connectivity index (χ1) is 35.2. The van der Waals surface area contributed by atoms with Crippen molar-refractivity contribution in [1.29, 1.82) is 0 Å². The second-order valence-electron chi connectivity index (χ2n) is 17.3. The van der Waals surface area contributed by atoms with E-state index in [0.717, 1.165) is 6.20 Å². The molecule has 8 amide bonds. The van der Waals surface area contributed by atoms with Crippen LogP contribution in [0.2, 0.25) is 0 Å². The molecule has 25 N–H and O–H groups in total. The number of nitrogens with zero attached hydrogens (tertiary/aromatic N) is 2. The summed E-state index contributed by atoms with van der Waals surface area (Å²) in [5.74, 6) is -7.98. The van der Waals surface area contributed by atoms with E-state index in [1.807, 2.05) is 0 Å². The average Bonchev–Trinajstić information content (AvgIpc) is 3.87. The van der Waals surface area contributed by atoms with Gasteiger partial charge in [-0.1, -0.05) is 19.1 Å². The number of unbranched alkanes of at least 4 members (excludes halogenated alkanes) is 2. The van der Waals surface area contributed by atoms with Gasteiger partial charge in [0, 0.05) is 38.0 Å². The highest BCUT2D eigenvalue weighted by Crippen LogP contribution is 2.21. The van der Waals surface area contributed by atoms with E-state index in [0.29, 0.717) is 45.1 Å². The van der Waals surface area contributed by atoms with Gasteiger partial charge >= 0.3 is 5.97 Å². The van der Waals surface area contributed by atoms with Crippen molar-refractivity contribution in [1.82, 2.24) is 52.8 Å². The monoisotopic (exact) mass is 1050 g/mol. The minimum Gasteiger partial charge on any atom is -0.477 e. The van der Waals surface area contributed by atoms with Crippen LogP contribution in [-0.2, 0) is 43.2 Å². The Bertz CT molecular complexity index is 1970. The van der Waals surface area contributed by atoms with E-state index in [9.17, 15) is 53.4 Å². The highest BCUT2D eigenvalue weighted by molar-refractivity contribution is 5.99. The predicted molar refractivity (Wildman–Crippen MR) is 274 cm³/mol. The Morgan fingerprint density at radius 1 is 0.770 bits per heavy atom. The van der Waals surface area contributed by atoms with Gasteiger partial charge in [-0.15, -0.1) is 0 Å². The van der Waals surface area contributed by atoms with Gasteiger partial charge in [0.15, 0.2) is 5.96 Å². The molecule has 1 saturated heterocycles. The number of likely N-dealkylation sites (N-methyl/N-ethyl adjacent to an activating group) is 1. The summed E-state index contributed by atoms with van der Waals surface area (Å²) < 4.78 is 0. The molecule has 1 fully saturated rings. The molecule has 0 bridgehead atoms. The van der Waals surface area contributed by atoms with Crippen molar-refractivity contribution < 1.29 is 53.4 Å². The van der Waals surface area contributed by atoms with E-state index in [2.05, 4.69) is 59.4 Å². The number of hydrogen-bond donors (Lipinski definition) is 18. The fourth-order valence-electron chi connectivity index (χ4n) is 7.49. The molecule has 418 valence electrons. The van der Waals surface area contributed by atoms with Crippen LogP contribution in [0.1, 0.15) is 84.0 Å². The highest BCUT2D eigenvalue weighted by Gasteiger charge is 2.40. The Labute approximate surface area is 431 Å². The SMILES string of the molecule is C=CN/C(=C\N)C[C@H](NC(=O)[C@@H]1CCCN1C(=O)[C@@H](CCCN)NC(=O)CNC(=O)C(C)NC(=O)[C@@H](NC(=O)C(CCCCN)NC)[C@@H](O)CN)C(=O)N[C@@H](CCCCN)C(=O)N/C(=C\CCN=C(N)N)C(=O)O. The molecule has 0 aliphatic carbocycles. The van der Waals surface area contributed by atoms with Gasteiger partial charge in [0.1, 0.15) is 41.9 Å². The number of aliphatic imine (C=N–C) groups is 1. The van der Waals surface area contributed by atoms with Crippen molar-refractivity contribution in [3.8, 4) is 0 Å². The topological polar surface area (TPSA) is 500 Å². The zero-order valence-corrected chi connectivity index (χ0v) is 42.5. The molecule has 2 unspecified atom stereocenters. The Balaban J connectivity index is 3.25. The first kappa shape index (κ1) is 65.1. The number of amides is 8. The number of nitrogens with one attached hydrogen (secondary N) is 9. The molecule has 0 aromatic carbocycles. The number of carbonyl (C=O) groups excluding carboxylic acids is 8. The molecule has 29 nitrogen and oxygen atoms in total. The number of hydrogen-bond acceptors (Lipinski definition) is 18. The van der Waals surface area contributed by atoms with Crippen molar-refractivity contribution in [2.75, 3.05) is 52.9 Å². The standard InChI is InChI=1S/C45H82N18O11/c1-4-54-27(23-49)22-32(40(69)59-29(13-6-8-18-47)39(68)60-31(44(73)74)15-10-20-55-45(51)52)61-41(70)33-16-11-21-63(33)43(72)30(14-9-19-48)58-35(65)25-56-37(66)26(2)57-42(71)36(34(64)24-50)62-38(67)28(53-3)12-5-7-17-46/h4,15,23,26,28-30,32-34,36,53-54,64H,1,5-14,16-22,24-25,46-50H2,2-3H3,(H,56,66)(H,57,71)(H,58,65)(H,59,69)(H,60,68)(H,61,70)(H,62,67)(H,73,74)(H4,51,52,55)/b27-23-,31-15-/t26?,28?,29-,30+,32-,33-,34-,36-/m0/s1. The highest BCUT2D eigenvalue weighted by atomic mass is 16.4. The maximum atomic E-state index is 14.2. The third kappa shape index (κ3) is 23.7. The molecule has 0 spiro atoms. The number of aliphatic carboxylic acids is 1. The lowest BCUT2D eigenvalue weighted by atomic mass is 10.0. The van der Waals surface area contributed by atoms with Crippen molar-refractivity contribution in [2.45, 2.75) is 132 Å². The third-order valence-corrected chi connectivity index (χ3v) is 11.5. The van der Waals surface area contributed by atoms with Crippen LogP contribution in [0, 0.1) is 0 Å². The third-order valence-electron chi connectivity index (χ3n) is 11.5. The molecule has 0 saturated carbocycles. The number of carboxylic acids is 1. The normalized spacial score (nSPS) is 16.4. The van der Waals surface area contributed by atoms with Gasteiger partial charge in [-0.05, 0) is 104 Å². The lowest BCUT2D eigenvalue weighted by molar-refractivity contribution is -0.142. The minimum absolute atomic E-state index is 0.0248. The van der Waals surface area contributed by atoms with E-state index < -0.39 is 120 Å². The van der Waals surface area contributed by atoms with Crippen LogP contribution < -0.4 is 88.0 Å². The largest absolute Gasteiger partial charge is 0.477 e. The first-order valence-electron chi connectivity index (χ1n) is 24.6. The van der Waals surface area contributed by atoms with Crippen LogP contribution in [0.3, 0.4) is 0 Å². The quantitative estimate of drug-likeness (QED) is 0.0119. The van der Waals surface area contributed by atoms with E-state index >= 15 is 0 Å². The summed E-state index contributed by atoms with van der Waals surface area (Å²) in [4.78, 5) is 126. The molecular formula is C45H82N18O11. The Kier molecular flexibility index (Phi) is 31.7. The van der Waals surface area contributed by atoms with Crippen molar-refractivity contribution in [3.05, 3.63) is 36.4 Å².